The Morgan fingerprint density at radius 1 is 1.15 bits per heavy atom. The third-order valence-electron chi connectivity index (χ3n) is 4.27. The molecule has 20 heavy (non-hydrogen) atoms. The molecule has 0 radical (unpaired) electrons. The second-order valence-electron chi connectivity index (χ2n) is 5.62. The fourth-order valence-corrected chi connectivity index (χ4v) is 2.47. The molecule has 1 N–H and O–H groups in total. The standard InChI is InChI=1S/C17H26N2O/c1-3-19(4-2)13-15-10-8-14(9-11-15)12-18-17(20)16-6-5-7-16/h8-11,16H,3-7,12-13H2,1-2H3,(H,18,20). The first kappa shape index (κ1) is 15.0. The van der Waals surface area contributed by atoms with Gasteiger partial charge in [0.15, 0.2) is 0 Å². The van der Waals surface area contributed by atoms with Crippen molar-refractivity contribution >= 4 is 5.91 Å². The molecule has 0 atom stereocenters. The molecule has 1 aliphatic rings. The van der Waals surface area contributed by atoms with Gasteiger partial charge in [-0.2, -0.15) is 0 Å². The molecule has 2 rings (SSSR count). The average molecular weight is 274 g/mol. The second-order valence-corrected chi connectivity index (χ2v) is 5.62. The maximum atomic E-state index is 11.8. The van der Waals surface area contributed by atoms with Gasteiger partial charge in [0.2, 0.25) is 5.91 Å². The number of rotatable bonds is 7. The predicted octanol–water partition coefficient (Wildman–Crippen LogP) is 2.94. The molecule has 1 amide bonds. The van der Waals surface area contributed by atoms with Crippen molar-refractivity contribution in [3.05, 3.63) is 35.4 Å². The first-order valence-corrected chi connectivity index (χ1v) is 7.80. The maximum absolute atomic E-state index is 11.8. The van der Waals surface area contributed by atoms with E-state index in [1.54, 1.807) is 0 Å². The normalized spacial score (nSPS) is 15.2. The summed E-state index contributed by atoms with van der Waals surface area (Å²) in [4.78, 5) is 14.2. The molecule has 1 aromatic rings. The molecule has 3 heteroatoms. The van der Waals surface area contributed by atoms with E-state index in [9.17, 15) is 4.79 Å². The number of amides is 1. The Kier molecular flexibility index (Phi) is 5.60. The van der Waals surface area contributed by atoms with Crippen molar-refractivity contribution in [1.29, 1.82) is 0 Å². The van der Waals surface area contributed by atoms with Gasteiger partial charge in [-0.3, -0.25) is 9.69 Å². The molecule has 0 spiro atoms. The lowest BCUT2D eigenvalue weighted by Crippen LogP contribution is -2.33. The van der Waals surface area contributed by atoms with Crippen LogP contribution in [0.5, 0.6) is 0 Å². The van der Waals surface area contributed by atoms with Gasteiger partial charge in [-0.1, -0.05) is 44.5 Å². The summed E-state index contributed by atoms with van der Waals surface area (Å²) in [7, 11) is 0. The summed E-state index contributed by atoms with van der Waals surface area (Å²) in [6.45, 7) is 8.19. The topological polar surface area (TPSA) is 32.3 Å². The number of benzene rings is 1. The SMILES string of the molecule is CCN(CC)Cc1ccc(CNC(=O)C2CCC2)cc1. The van der Waals surface area contributed by atoms with E-state index in [4.69, 9.17) is 0 Å². The monoisotopic (exact) mass is 274 g/mol. The summed E-state index contributed by atoms with van der Waals surface area (Å²) >= 11 is 0. The molecule has 1 saturated carbocycles. The Hall–Kier alpha value is -1.35. The average Bonchev–Trinajstić information content (AvgIpc) is 2.42. The highest BCUT2D eigenvalue weighted by molar-refractivity contribution is 5.79. The predicted molar refractivity (Wildman–Crippen MR) is 82.3 cm³/mol. The van der Waals surface area contributed by atoms with Gasteiger partial charge in [-0.15, -0.1) is 0 Å². The zero-order valence-corrected chi connectivity index (χ0v) is 12.7. The van der Waals surface area contributed by atoms with Gasteiger partial charge < -0.3 is 5.32 Å². The fourth-order valence-electron chi connectivity index (χ4n) is 2.47. The van der Waals surface area contributed by atoms with Crippen molar-refractivity contribution in [2.75, 3.05) is 13.1 Å². The van der Waals surface area contributed by atoms with Crippen LogP contribution in [-0.4, -0.2) is 23.9 Å². The lowest BCUT2D eigenvalue weighted by molar-refractivity contribution is -0.127. The van der Waals surface area contributed by atoms with E-state index in [1.807, 2.05) is 0 Å². The van der Waals surface area contributed by atoms with E-state index in [-0.39, 0.29) is 11.8 Å². The second kappa shape index (κ2) is 7.44. The zero-order chi connectivity index (χ0) is 14.4. The fraction of sp³-hybridized carbons (Fsp3) is 0.588. The number of carbonyl (C=O) groups excluding carboxylic acids is 1. The summed E-state index contributed by atoms with van der Waals surface area (Å²) in [5, 5.41) is 3.03. The van der Waals surface area contributed by atoms with Crippen LogP contribution in [0, 0.1) is 5.92 Å². The van der Waals surface area contributed by atoms with E-state index in [0.717, 1.165) is 32.5 Å². The molecule has 0 aliphatic heterocycles. The number of nitrogens with zero attached hydrogens (tertiary/aromatic N) is 1. The van der Waals surface area contributed by atoms with E-state index in [0.29, 0.717) is 6.54 Å². The van der Waals surface area contributed by atoms with Crippen LogP contribution in [-0.2, 0) is 17.9 Å². The summed E-state index contributed by atoms with van der Waals surface area (Å²) in [6, 6.07) is 8.59. The van der Waals surface area contributed by atoms with E-state index in [2.05, 4.69) is 48.3 Å². The molecule has 3 nitrogen and oxygen atoms in total. The molecule has 0 saturated heterocycles. The molecule has 0 heterocycles. The van der Waals surface area contributed by atoms with Crippen LogP contribution in [0.4, 0.5) is 0 Å². The van der Waals surface area contributed by atoms with E-state index in [1.165, 1.54) is 17.5 Å². The minimum absolute atomic E-state index is 0.225. The molecule has 0 unspecified atom stereocenters. The highest BCUT2D eigenvalue weighted by atomic mass is 16.1. The van der Waals surface area contributed by atoms with Gasteiger partial charge in [-0.25, -0.2) is 0 Å². The van der Waals surface area contributed by atoms with Crippen molar-refractivity contribution in [2.45, 2.75) is 46.2 Å². The summed E-state index contributed by atoms with van der Waals surface area (Å²) < 4.78 is 0. The van der Waals surface area contributed by atoms with Gasteiger partial charge in [0.25, 0.3) is 0 Å². The maximum Gasteiger partial charge on any atom is 0.223 e. The van der Waals surface area contributed by atoms with E-state index < -0.39 is 0 Å². The van der Waals surface area contributed by atoms with Crippen LogP contribution in [0.1, 0.15) is 44.2 Å². The van der Waals surface area contributed by atoms with Crippen molar-refractivity contribution in [2.24, 2.45) is 5.92 Å². The lowest BCUT2D eigenvalue weighted by atomic mass is 9.85. The first-order valence-electron chi connectivity index (χ1n) is 7.80. The lowest BCUT2D eigenvalue weighted by Gasteiger charge is -2.24. The van der Waals surface area contributed by atoms with Gasteiger partial charge in [0.1, 0.15) is 0 Å². The molecule has 110 valence electrons. The summed E-state index contributed by atoms with van der Waals surface area (Å²) in [6.07, 6.45) is 3.33. The highest BCUT2D eigenvalue weighted by Gasteiger charge is 2.24. The van der Waals surface area contributed by atoms with Crippen LogP contribution in [0.3, 0.4) is 0 Å². The van der Waals surface area contributed by atoms with Crippen molar-refractivity contribution < 1.29 is 4.79 Å². The summed E-state index contributed by atoms with van der Waals surface area (Å²) in [5.41, 5.74) is 2.52. The van der Waals surface area contributed by atoms with Crippen LogP contribution < -0.4 is 5.32 Å². The number of hydrogen-bond acceptors (Lipinski definition) is 2. The Labute approximate surface area is 122 Å². The number of nitrogens with one attached hydrogen (secondary N) is 1. The third kappa shape index (κ3) is 4.07. The molecule has 1 aliphatic carbocycles. The molecule has 1 aromatic carbocycles. The number of carbonyl (C=O) groups is 1. The van der Waals surface area contributed by atoms with Crippen molar-refractivity contribution in [3.63, 3.8) is 0 Å². The van der Waals surface area contributed by atoms with Crippen molar-refractivity contribution in [3.8, 4) is 0 Å². The molecule has 0 bridgehead atoms. The van der Waals surface area contributed by atoms with Crippen LogP contribution in [0.25, 0.3) is 0 Å². The molecular formula is C17H26N2O. The van der Waals surface area contributed by atoms with E-state index >= 15 is 0 Å². The highest BCUT2D eigenvalue weighted by Crippen LogP contribution is 2.26. The number of hydrogen-bond donors (Lipinski definition) is 1. The van der Waals surface area contributed by atoms with Gasteiger partial charge in [-0.05, 0) is 37.1 Å². The quantitative estimate of drug-likeness (QED) is 0.829. The smallest absolute Gasteiger partial charge is 0.223 e. The first-order chi connectivity index (χ1) is 9.72. The van der Waals surface area contributed by atoms with Gasteiger partial charge >= 0.3 is 0 Å². The van der Waals surface area contributed by atoms with Crippen LogP contribution in [0.2, 0.25) is 0 Å². The van der Waals surface area contributed by atoms with Crippen LogP contribution in [0.15, 0.2) is 24.3 Å². The third-order valence-corrected chi connectivity index (χ3v) is 4.27. The molecule has 1 fully saturated rings. The summed E-state index contributed by atoms with van der Waals surface area (Å²) in [5.74, 6) is 0.500. The molecule has 0 aromatic heterocycles. The van der Waals surface area contributed by atoms with Gasteiger partial charge in [0.05, 0.1) is 0 Å². The Morgan fingerprint density at radius 2 is 1.75 bits per heavy atom. The molecular weight excluding hydrogens is 248 g/mol. The largest absolute Gasteiger partial charge is 0.352 e. The Bertz CT molecular complexity index is 419. The Balaban J connectivity index is 1.80. The minimum atomic E-state index is 0.225. The van der Waals surface area contributed by atoms with Crippen molar-refractivity contribution in [1.82, 2.24) is 10.2 Å². The van der Waals surface area contributed by atoms with Crippen LogP contribution >= 0.6 is 0 Å². The van der Waals surface area contributed by atoms with Gasteiger partial charge in [0, 0.05) is 19.0 Å². The minimum Gasteiger partial charge on any atom is -0.352 e. The zero-order valence-electron chi connectivity index (χ0n) is 12.7. The Morgan fingerprint density at radius 3 is 2.25 bits per heavy atom.